The highest BCUT2D eigenvalue weighted by molar-refractivity contribution is 7.80. The van der Waals surface area contributed by atoms with Crippen LogP contribution >= 0.6 is 12.2 Å². The smallest absolute Gasteiger partial charge is 0.170 e. The monoisotopic (exact) mass is 223 g/mol. The highest BCUT2D eigenvalue weighted by Crippen LogP contribution is 2.02. The quantitative estimate of drug-likeness (QED) is 0.769. The summed E-state index contributed by atoms with van der Waals surface area (Å²) in [5.41, 5.74) is 0.916. The number of anilines is 1. The molecule has 0 aromatic carbocycles. The zero-order chi connectivity index (χ0) is 11.1. The van der Waals surface area contributed by atoms with Crippen LogP contribution in [0.15, 0.2) is 24.5 Å². The molecule has 0 aliphatic heterocycles. The molecule has 0 unspecified atom stereocenters. The molecule has 0 atom stereocenters. The van der Waals surface area contributed by atoms with Gasteiger partial charge >= 0.3 is 0 Å². The molecule has 0 spiro atoms. The fourth-order valence-corrected chi connectivity index (χ4v) is 1.31. The Labute approximate surface area is 96.3 Å². The van der Waals surface area contributed by atoms with Crippen molar-refractivity contribution in [2.75, 3.05) is 11.9 Å². The van der Waals surface area contributed by atoms with E-state index in [4.69, 9.17) is 12.2 Å². The van der Waals surface area contributed by atoms with Crippen molar-refractivity contribution in [3.05, 3.63) is 24.5 Å². The van der Waals surface area contributed by atoms with Crippen molar-refractivity contribution in [1.29, 1.82) is 0 Å². The van der Waals surface area contributed by atoms with Crippen molar-refractivity contribution >= 4 is 23.0 Å². The summed E-state index contributed by atoms with van der Waals surface area (Å²) < 4.78 is 0. The van der Waals surface area contributed by atoms with E-state index in [0.717, 1.165) is 18.7 Å². The van der Waals surface area contributed by atoms with Crippen LogP contribution in [0.4, 0.5) is 5.69 Å². The molecule has 0 bridgehead atoms. The number of nitrogens with zero attached hydrogens (tertiary/aromatic N) is 1. The number of aromatic nitrogens is 1. The maximum absolute atomic E-state index is 5.14. The maximum Gasteiger partial charge on any atom is 0.170 e. The van der Waals surface area contributed by atoms with Crippen molar-refractivity contribution in [2.24, 2.45) is 5.92 Å². The van der Waals surface area contributed by atoms with Gasteiger partial charge < -0.3 is 10.6 Å². The van der Waals surface area contributed by atoms with Gasteiger partial charge in [-0.05, 0) is 36.7 Å². The summed E-state index contributed by atoms with van der Waals surface area (Å²) >= 11 is 5.14. The Hall–Kier alpha value is -1.16. The van der Waals surface area contributed by atoms with Gasteiger partial charge in [-0.3, -0.25) is 4.98 Å². The van der Waals surface area contributed by atoms with Gasteiger partial charge in [-0.15, -0.1) is 0 Å². The van der Waals surface area contributed by atoms with Crippen molar-refractivity contribution in [2.45, 2.75) is 20.3 Å². The molecule has 0 aliphatic rings. The van der Waals surface area contributed by atoms with Crippen molar-refractivity contribution in [3.8, 4) is 0 Å². The number of thiocarbonyl (C=S) groups is 1. The molecule has 1 aromatic rings. The van der Waals surface area contributed by atoms with Gasteiger partial charge in [0.05, 0.1) is 11.9 Å². The highest BCUT2D eigenvalue weighted by Gasteiger charge is 1.97. The molecule has 0 saturated heterocycles. The number of rotatable bonds is 4. The zero-order valence-electron chi connectivity index (χ0n) is 9.16. The molecule has 0 amide bonds. The molecule has 15 heavy (non-hydrogen) atoms. The summed E-state index contributed by atoms with van der Waals surface area (Å²) in [6.45, 7) is 5.29. The second-order valence-corrected chi connectivity index (χ2v) is 4.21. The molecule has 1 rings (SSSR count). The SMILES string of the molecule is CC(C)CCNC(=S)Nc1cccnc1. The van der Waals surface area contributed by atoms with Crippen LogP contribution in [0.25, 0.3) is 0 Å². The van der Waals surface area contributed by atoms with Crippen LogP contribution in [-0.2, 0) is 0 Å². The third-order valence-electron chi connectivity index (χ3n) is 1.93. The molecule has 0 saturated carbocycles. The second kappa shape index (κ2) is 6.35. The zero-order valence-corrected chi connectivity index (χ0v) is 9.97. The fraction of sp³-hybridized carbons (Fsp3) is 0.455. The number of hydrogen-bond acceptors (Lipinski definition) is 2. The molecule has 1 aromatic heterocycles. The Morgan fingerprint density at radius 2 is 2.33 bits per heavy atom. The normalized spacial score (nSPS) is 10.1. The van der Waals surface area contributed by atoms with Crippen LogP contribution in [0.5, 0.6) is 0 Å². The van der Waals surface area contributed by atoms with E-state index in [-0.39, 0.29) is 0 Å². The Kier molecular flexibility index (Phi) is 5.04. The number of nitrogens with one attached hydrogen (secondary N) is 2. The lowest BCUT2D eigenvalue weighted by molar-refractivity contribution is 0.579. The van der Waals surface area contributed by atoms with E-state index in [1.165, 1.54) is 0 Å². The lowest BCUT2D eigenvalue weighted by atomic mass is 10.1. The van der Waals surface area contributed by atoms with Crippen LogP contribution < -0.4 is 10.6 Å². The summed E-state index contributed by atoms with van der Waals surface area (Å²) in [5, 5.41) is 6.88. The summed E-state index contributed by atoms with van der Waals surface area (Å²) in [6, 6.07) is 3.81. The summed E-state index contributed by atoms with van der Waals surface area (Å²) in [4.78, 5) is 4.00. The summed E-state index contributed by atoms with van der Waals surface area (Å²) in [6.07, 6.45) is 4.60. The molecule has 0 aliphatic carbocycles. The van der Waals surface area contributed by atoms with Crippen LogP contribution in [-0.4, -0.2) is 16.6 Å². The third kappa shape index (κ3) is 5.32. The first-order chi connectivity index (χ1) is 7.18. The van der Waals surface area contributed by atoms with E-state index in [0.29, 0.717) is 11.0 Å². The Balaban J connectivity index is 2.25. The summed E-state index contributed by atoms with van der Waals surface area (Å²) in [7, 11) is 0. The highest BCUT2D eigenvalue weighted by atomic mass is 32.1. The lowest BCUT2D eigenvalue weighted by Gasteiger charge is -2.10. The molecule has 0 radical (unpaired) electrons. The van der Waals surface area contributed by atoms with E-state index >= 15 is 0 Å². The predicted octanol–water partition coefficient (Wildman–Crippen LogP) is 2.41. The van der Waals surface area contributed by atoms with Crippen LogP contribution in [0, 0.1) is 5.92 Å². The topological polar surface area (TPSA) is 37.0 Å². The third-order valence-corrected chi connectivity index (χ3v) is 2.17. The van der Waals surface area contributed by atoms with E-state index in [9.17, 15) is 0 Å². The molecular formula is C11H17N3S. The van der Waals surface area contributed by atoms with E-state index in [1.807, 2.05) is 12.1 Å². The summed E-state index contributed by atoms with van der Waals surface area (Å²) in [5.74, 6) is 0.693. The molecule has 82 valence electrons. The van der Waals surface area contributed by atoms with Crippen LogP contribution in [0.3, 0.4) is 0 Å². The van der Waals surface area contributed by atoms with Gasteiger partial charge in [0.15, 0.2) is 5.11 Å². The minimum atomic E-state index is 0.656. The second-order valence-electron chi connectivity index (χ2n) is 3.81. The lowest BCUT2D eigenvalue weighted by Crippen LogP contribution is -2.29. The van der Waals surface area contributed by atoms with Crippen molar-refractivity contribution < 1.29 is 0 Å². The van der Waals surface area contributed by atoms with Crippen LogP contribution in [0.2, 0.25) is 0 Å². The molecule has 4 heteroatoms. The van der Waals surface area contributed by atoms with Gasteiger partial charge in [0, 0.05) is 12.7 Å². The fourth-order valence-electron chi connectivity index (χ4n) is 1.09. The first-order valence-corrected chi connectivity index (χ1v) is 5.54. The molecule has 3 nitrogen and oxygen atoms in total. The molecular weight excluding hydrogens is 206 g/mol. The Bertz CT molecular complexity index is 298. The van der Waals surface area contributed by atoms with Gasteiger partial charge in [0.1, 0.15) is 0 Å². The average molecular weight is 223 g/mol. The minimum Gasteiger partial charge on any atom is -0.362 e. The average Bonchev–Trinajstić information content (AvgIpc) is 2.18. The number of pyridine rings is 1. The van der Waals surface area contributed by atoms with Gasteiger partial charge in [-0.25, -0.2) is 0 Å². The first kappa shape index (κ1) is 11.9. The molecule has 2 N–H and O–H groups in total. The standard InChI is InChI=1S/C11H17N3S/c1-9(2)5-7-13-11(15)14-10-4-3-6-12-8-10/h3-4,6,8-9H,5,7H2,1-2H3,(H2,13,14,15). The maximum atomic E-state index is 5.14. The Morgan fingerprint density at radius 3 is 2.93 bits per heavy atom. The Morgan fingerprint density at radius 1 is 1.53 bits per heavy atom. The van der Waals surface area contributed by atoms with Crippen molar-refractivity contribution in [1.82, 2.24) is 10.3 Å². The van der Waals surface area contributed by atoms with E-state index in [1.54, 1.807) is 12.4 Å². The predicted molar refractivity (Wildman–Crippen MR) is 67.9 cm³/mol. The van der Waals surface area contributed by atoms with Gasteiger partial charge in [-0.2, -0.15) is 0 Å². The van der Waals surface area contributed by atoms with Gasteiger partial charge in [0.2, 0.25) is 0 Å². The van der Waals surface area contributed by atoms with Gasteiger partial charge in [0.25, 0.3) is 0 Å². The first-order valence-electron chi connectivity index (χ1n) is 5.13. The van der Waals surface area contributed by atoms with Crippen LogP contribution in [0.1, 0.15) is 20.3 Å². The molecule has 1 heterocycles. The van der Waals surface area contributed by atoms with Gasteiger partial charge in [-0.1, -0.05) is 13.8 Å². The largest absolute Gasteiger partial charge is 0.362 e. The van der Waals surface area contributed by atoms with E-state index in [2.05, 4.69) is 29.5 Å². The minimum absolute atomic E-state index is 0.656. The molecule has 0 fully saturated rings. The number of hydrogen-bond donors (Lipinski definition) is 2. The van der Waals surface area contributed by atoms with Crippen molar-refractivity contribution in [3.63, 3.8) is 0 Å². The van der Waals surface area contributed by atoms with E-state index < -0.39 is 0 Å².